The van der Waals surface area contributed by atoms with E-state index in [1.807, 2.05) is 38.1 Å². The van der Waals surface area contributed by atoms with E-state index in [4.69, 9.17) is 4.74 Å². The van der Waals surface area contributed by atoms with E-state index >= 15 is 0 Å². The van der Waals surface area contributed by atoms with Crippen LogP contribution in [0.3, 0.4) is 0 Å². The zero-order valence-electron chi connectivity index (χ0n) is 12.4. The van der Waals surface area contributed by atoms with Gasteiger partial charge < -0.3 is 15.2 Å². The molecule has 0 aliphatic carbocycles. The summed E-state index contributed by atoms with van der Waals surface area (Å²) in [5.41, 5.74) is 2.60. The molecule has 21 heavy (non-hydrogen) atoms. The molecule has 1 unspecified atom stereocenters. The number of hydrogen-bond acceptors (Lipinski definition) is 3. The van der Waals surface area contributed by atoms with Crippen molar-refractivity contribution >= 4 is 5.91 Å². The summed E-state index contributed by atoms with van der Waals surface area (Å²) in [7, 11) is 1.47. The van der Waals surface area contributed by atoms with E-state index in [0.717, 1.165) is 11.1 Å². The van der Waals surface area contributed by atoms with Gasteiger partial charge in [0.2, 0.25) is 0 Å². The van der Waals surface area contributed by atoms with Crippen LogP contribution in [0.1, 0.15) is 34.5 Å². The lowest BCUT2D eigenvalue weighted by Crippen LogP contribution is -2.27. The topological polar surface area (TPSA) is 58.6 Å². The lowest BCUT2D eigenvalue weighted by Gasteiger charge is -2.17. The van der Waals surface area contributed by atoms with E-state index in [1.165, 1.54) is 13.2 Å². The number of phenols is 1. The zero-order chi connectivity index (χ0) is 15.4. The predicted octanol–water partition coefficient (Wildman–Crippen LogP) is 3.20. The Bertz CT molecular complexity index is 652. The van der Waals surface area contributed by atoms with E-state index < -0.39 is 0 Å². The van der Waals surface area contributed by atoms with Crippen molar-refractivity contribution in [2.45, 2.75) is 19.9 Å². The van der Waals surface area contributed by atoms with Crippen LogP contribution in [-0.2, 0) is 0 Å². The van der Waals surface area contributed by atoms with E-state index in [9.17, 15) is 9.90 Å². The molecule has 2 aromatic carbocycles. The minimum atomic E-state index is -0.233. The molecular weight excluding hydrogens is 266 g/mol. The number of benzene rings is 2. The summed E-state index contributed by atoms with van der Waals surface area (Å²) in [6.45, 7) is 3.95. The van der Waals surface area contributed by atoms with Gasteiger partial charge in [-0.15, -0.1) is 0 Å². The number of methoxy groups -OCH3 is 1. The maximum absolute atomic E-state index is 12.2. The molecule has 0 saturated carbocycles. The fourth-order valence-electron chi connectivity index (χ4n) is 2.26. The molecule has 0 fully saturated rings. The van der Waals surface area contributed by atoms with E-state index in [-0.39, 0.29) is 17.7 Å². The minimum Gasteiger partial charge on any atom is -0.504 e. The van der Waals surface area contributed by atoms with Crippen molar-refractivity contribution in [3.05, 3.63) is 59.2 Å². The third kappa shape index (κ3) is 3.34. The molecule has 0 aromatic heterocycles. The molecule has 0 aliphatic rings. The molecule has 1 amide bonds. The van der Waals surface area contributed by atoms with Gasteiger partial charge in [-0.05, 0) is 43.2 Å². The van der Waals surface area contributed by atoms with E-state index in [1.54, 1.807) is 12.1 Å². The first kappa shape index (κ1) is 14.9. The Labute approximate surface area is 124 Å². The molecule has 110 valence electrons. The van der Waals surface area contributed by atoms with Crippen LogP contribution < -0.4 is 10.1 Å². The van der Waals surface area contributed by atoms with Crippen LogP contribution in [-0.4, -0.2) is 18.1 Å². The third-order valence-corrected chi connectivity index (χ3v) is 3.44. The van der Waals surface area contributed by atoms with Gasteiger partial charge in [0.25, 0.3) is 5.91 Å². The number of aromatic hydroxyl groups is 1. The van der Waals surface area contributed by atoms with Gasteiger partial charge in [0.15, 0.2) is 11.5 Å². The fourth-order valence-corrected chi connectivity index (χ4v) is 2.26. The summed E-state index contributed by atoms with van der Waals surface area (Å²) >= 11 is 0. The number of carbonyl (C=O) groups excluding carboxylic acids is 1. The number of carbonyl (C=O) groups is 1. The molecule has 2 rings (SSSR count). The highest BCUT2D eigenvalue weighted by molar-refractivity contribution is 5.95. The monoisotopic (exact) mass is 285 g/mol. The molecule has 4 nitrogen and oxygen atoms in total. The normalized spacial score (nSPS) is 11.8. The van der Waals surface area contributed by atoms with Crippen molar-refractivity contribution in [3.8, 4) is 11.5 Å². The minimum absolute atomic E-state index is 0.0475. The summed E-state index contributed by atoms with van der Waals surface area (Å²) < 4.78 is 4.96. The largest absolute Gasteiger partial charge is 0.504 e. The first-order valence-corrected chi connectivity index (χ1v) is 6.76. The Morgan fingerprint density at radius 1 is 1.24 bits per heavy atom. The molecule has 0 heterocycles. The summed E-state index contributed by atoms with van der Waals surface area (Å²) in [4.78, 5) is 12.2. The SMILES string of the molecule is COc1ccc(C(=O)NC(C)c2ccccc2C)cc1O. The molecule has 0 bridgehead atoms. The van der Waals surface area contributed by atoms with Crippen molar-refractivity contribution in [3.63, 3.8) is 0 Å². The Hall–Kier alpha value is -2.49. The molecule has 0 radical (unpaired) electrons. The second-order valence-corrected chi connectivity index (χ2v) is 4.94. The standard InChI is InChI=1S/C17H19NO3/c1-11-6-4-5-7-14(11)12(2)18-17(20)13-8-9-16(21-3)15(19)10-13/h4-10,12,19H,1-3H3,(H,18,20). The van der Waals surface area contributed by atoms with Gasteiger partial charge >= 0.3 is 0 Å². The summed E-state index contributed by atoms with van der Waals surface area (Å²) in [5.74, 6) is 0.0657. The molecule has 4 heteroatoms. The van der Waals surface area contributed by atoms with Gasteiger partial charge in [-0.25, -0.2) is 0 Å². The average Bonchev–Trinajstić information content (AvgIpc) is 2.47. The molecule has 0 saturated heterocycles. The number of hydrogen-bond donors (Lipinski definition) is 2. The van der Waals surface area contributed by atoms with Crippen molar-refractivity contribution in [2.24, 2.45) is 0 Å². The Balaban J connectivity index is 2.14. The summed E-state index contributed by atoms with van der Waals surface area (Å²) in [6, 6.07) is 12.4. The van der Waals surface area contributed by atoms with Gasteiger partial charge in [0.05, 0.1) is 13.2 Å². The lowest BCUT2D eigenvalue weighted by atomic mass is 10.0. The molecular formula is C17H19NO3. The van der Waals surface area contributed by atoms with Crippen molar-refractivity contribution in [2.75, 3.05) is 7.11 Å². The van der Waals surface area contributed by atoms with Crippen molar-refractivity contribution in [1.29, 1.82) is 0 Å². The highest BCUT2D eigenvalue weighted by Crippen LogP contribution is 2.26. The highest BCUT2D eigenvalue weighted by atomic mass is 16.5. The number of nitrogens with one attached hydrogen (secondary N) is 1. The van der Waals surface area contributed by atoms with Gasteiger partial charge in [-0.2, -0.15) is 0 Å². The first-order valence-electron chi connectivity index (χ1n) is 6.76. The van der Waals surface area contributed by atoms with Gasteiger partial charge in [0, 0.05) is 5.56 Å². The number of phenolic OH excluding ortho intramolecular Hbond substituents is 1. The molecule has 1 atom stereocenters. The van der Waals surface area contributed by atoms with E-state index in [2.05, 4.69) is 5.32 Å². The lowest BCUT2D eigenvalue weighted by molar-refractivity contribution is 0.0939. The maximum Gasteiger partial charge on any atom is 0.251 e. The number of ether oxygens (including phenoxy) is 1. The van der Waals surface area contributed by atoms with Crippen LogP contribution in [0.25, 0.3) is 0 Å². The van der Waals surface area contributed by atoms with Gasteiger partial charge in [0.1, 0.15) is 0 Å². The van der Waals surface area contributed by atoms with Crippen molar-refractivity contribution < 1.29 is 14.6 Å². The first-order chi connectivity index (χ1) is 10.0. The van der Waals surface area contributed by atoms with Crippen LogP contribution in [0.4, 0.5) is 0 Å². The van der Waals surface area contributed by atoms with Crippen LogP contribution in [0, 0.1) is 6.92 Å². The van der Waals surface area contributed by atoms with Crippen LogP contribution in [0.15, 0.2) is 42.5 Å². The molecule has 0 spiro atoms. The Morgan fingerprint density at radius 2 is 1.95 bits per heavy atom. The summed E-state index contributed by atoms with van der Waals surface area (Å²) in [5, 5.41) is 12.7. The fraction of sp³-hybridized carbons (Fsp3) is 0.235. The average molecular weight is 285 g/mol. The zero-order valence-corrected chi connectivity index (χ0v) is 12.4. The van der Waals surface area contributed by atoms with E-state index in [0.29, 0.717) is 11.3 Å². The number of rotatable bonds is 4. The molecule has 0 aliphatic heterocycles. The predicted molar refractivity (Wildman–Crippen MR) is 81.7 cm³/mol. The number of aryl methyl sites for hydroxylation is 1. The maximum atomic E-state index is 12.2. The molecule has 2 N–H and O–H groups in total. The van der Waals surface area contributed by atoms with Crippen LogP contribution in [0.5, 0.6) is 11.5 Å². The number of amides is 1. The van der Waals surface area contributed by atoms with Gasteiger partial charge in [-0.3, -0.25) is 4.79 Å². The van der Waals surface area contributed by atoms with Crippen molar-refractivity contribution in [1.82, 2.24) is 5.32 Å². The molecule has 2 aromatic rings. The van der Waals surface area contributed by atoms with Crippen LogP contribution in [0.2, 0.25) is 0 Å². The summed E-state index contributed by atoms with van der Waals surface area (Å²) in [6.07, 6.45) is 0. The quantitative estimate of drug-likeness (QED) is 0.907. The Kier molecular flexibility index (Phi) is 4.48. The Morgan fingerprint density at radius 3 is 2.57 bits per heavy atom. The highest BCUT2D eigenvalue weighted by Gasteiger charge is 2.14. The van der Waals surface area contributed by atoms with Gasteiger partial charge in [-0.1, -0.05) is 24.3 Å². The van der Waals surface area contributed by atoms with Crippen LogP contribution >= 0.6 is 0 Å². The second kappa shape index (κ2) is 6.31. The smallest absolute Gasteiger partial charge is 0.251 e. The third-order valence-electron chi connectivity index (χ3n) is 3.44. The second-order valence-electron chi connectivity index (χ2n) is 4.94.